The molecule has 2 heterocycles. The summed E-state index contributed by atoms with van der Waals surface area (Å²) in [5.41, 5.74) is 1.00. The van der Waals surface area contributed by atoms with Crippen molar-refractivity contribution in [3.8, 4) is 11.5 Å². The van der Waals surface area contributed by atoms with Gasteiger partial charge in [-0.3, -0.25) is 19.3 Å². The normalized spacial score (nSPS) is 21.7. The zero-order valence-corrected chi connectivity index (χ0v) is 17.8. The quantitative estimate of drug-likeness (QED) is 0.532. The number of hydrogen-bond acceptors (Lipinski definition) is 6. The lowest BCUT2D eigenvalue weighted by Gasteiger charge is -2.30. The third-order valence-corrected chi connectivity index (χ3v) is 5.87. The fraction of sp³-hybridized carbons (Fsp3) is 0.591. The second kappa shape index (κ2) is 11.0. The van der Waals surface area contributed by atoms with Crippen LogP contribution in [0.3, 0.4) is 0 Å². The van der Waals surface area contributed by atoms with Crippen molar-refractivity contribution in [2.24, 2.45) is 5.92 Å². The average Bonchev–Trinajstić information content (AvgIpc) is 3.30. The van der Waals surface area contributed by atoms with Crippen molar-refractivity contribution in [1.82, 2.24) is 15.5 Å². The molecule has 1 aliphatic carbocycles. The van der Waals surface area contributed by atoms with E-state index in [4.69, 9.17) is 19.4 Å². The van der Waals surface area contributed by atoms with E-state index < -0.39 is 0 Å². The summed E-state index contributed by atoms with van der Waals surface area (Å²) in [5.74, 6) is 2.33. The predicted molar refractivity (Wildman–Crippen MR) is 113 cm³/mol. The minimum Gasteiger partial charge on any atom is -0.483 e. The van der Waals surface area contributed by atoms with Gasteiger partial charge in [-0.25, -0.2) is 0 Å². The van der Waals surface area contributed by atoms with Crippen molar-refractivity contribution in [1.29, 1.82) is 0 Å². The first-order valence-corrected chi connectivity index (χ1v) is 10.7. The summed E-state index contributed by atoms with van der Waals surface area (Å²) in [6.45, 7) is 3.77. The van der Waals surface area contributed by atoms with Gasteiger partial charge < -0.3 is 25.2 Å². The van der Waals surface area contributed by atoms with E-state index in [1.165, 1.54) is 12.8 Å². The summed E-state index contributed by atoms with van der Waals surface area (Å²) < 4.78 is 10.7. The van der Waals surface area contributed by atoms with Gasteiger partial charge in [-0.2, -0.15) is 0 Å². The standard InChI is InChI=1S/C21H29N3O4.CH2O2/c1-14(25)22-11-18-6-5-17(24(18)12-15-2-3-15)9-21(26)23-10-16-4-7-19-20(8-16)28-13-27-19;2-1-3/h4,7-8,15,17-18H,2-3,5-6,9-13H2,1H3,(H,22,25)(H,23,26);1H,(H,2,3)/t17-,18+;/m1./s1. The topological polar surface area (TPSA) is 117 Å². The molecule has 2 amide bonds. The van der Waals surface area contributed by atoms with Crippen LogP contribution in [-0.2, 0) is 20.9 Å². The molecule has 31 heavy (non-hydrogen) atoms. The van der Waals surface area contributed by atoms with Gasteiger partial charge in [0.15, 0.2) is 11.5 Å². The van der Waals surface area contributed by atoms with E-state index in [2.05, 4.69) is 15.5 Å². The Morgan fingerprint density at radius 3 is 2.55 bits per heavy atom. The van der Waals surface area contributed by atoms with Crippen molar-refractivity contribution < 1.29 is 29.0 Å². The monoisotopic (exact) mass is 433 g/mol. The molecule has 9 nitrogen and oxygen atoms in total. The van der Waals surface area contributed by atoms with E-state index in [1.807, 2.05) is 18.2 Å². The molecule has 170 valence electrons. The Hall–Kier alpha value is -2.81. The second-order valence-electron chi connectivity index (χ2n) is 8.24. The Morgan fingerprint density at radius 2 is 1.84 bits per heavy atom. The largest absolute Gasteiger partial charge is 0.483 e. The average molecular weight is 434 g/mol. The lowest BCUT2D eigenvalue weighted by atomic mass is 10.1. The van der Waals surface area contributed by atoms with Crippen LogP contribution in [-0.4, -0.2) is 60.3 Å². The van der Waals surface area contributed by atoms with Crippen LogP contribution < -0.4 is 20.1 Å². The second-order valence-corrected chi connectivity index (χ2v) is 8.24. The minimum absolute atomic E-state index is 0.0105. The van der Waals surface area contributed by atoms with Crippen LogP contribution in [0.4, 0.5) is 0 Å². The van der Waals surface area contributed by atoms with Crippen molar-refractivity contribution in [2.75, 3.05) is 19.9 Å². The highest BCUT2D eigenvalue weighted by molar-refractivity contribution is 5.76. The van der Waals surface area contributed by atoms with Gasteiger partial charge >= 0.3 is 0 Å². The van der Waals surface area contributed by atoms with Gasteiger partial charge in [0, 0.05) is 45.1 Å². The molecular weight excluding hydrogens is 402 g/mol. The Balaban J connectivity index is 0.000000858. The summed E-state index contributed by atoms with van der Waals surface area (Å²) in [5, 5.41) is 12.9. The summed E-state index contributed by atoms with van der Waals surface area (Å²) in [6, 6.07) is 6.35. The number of amides is 2. The Labute approximate surface area is 182 Å². The molecule has 2 fully saturated rings. The highest BCUT2D eigenvalue weighted by atomic mass is 16.7. The smallest absolute Gasteiger partial charge is 0.290 e. The molecule has 1 aromatic rings. The van der Waals surface area contributed by atoms with Gasteiger partial charge in [0.2, 0.25) is 18.6 Å². The van der Waals surface area contributed by atoms with Gasteiger partial charge in [0.1, 0.15) is 0 Å². The molecule has 4 rings (SSSR count). The molecule has 3 N–H and O–H groups in total. The number of carbonyl (C=O) groups excluding carboxylic acids is 2. The SMILES string of the molecule is CC(=O)NC[C@@H]1CC[C@H](CC(=O)NCc2ccc3c(c2)OCO3)N1CC1CC1.O=CO. The van der Waals surface area contributed by atoms with E-state index in [1.54, 1.807) is 6.92 Å². The molecule has 2 aliphatic heterocycles. The number of nitrogens with one attached hydrogen (secondary N) is 2. The van der Waals surface area contributed by atoms with Gasteiger partial charge in [0.25, 0.3) is 6.47 Å². The molecule has 2 atom stereocenters. The molecule has 3 aliphatic rings. The van der Waals surface area contributed by atoms with E-state index in [-0.39, 0.29) is 31.1 Å². The van der Waals surface area contributed by atoms with Crippen molar-refractivity contribution in [3.63, 3.8) is 0 Å². The van der Waals surface area contributed by atoms with E-state index in [0.717, 1.165) is 42.4 Å². The van der Waals surface area contributed by atoms with Gasteiger partial charge in [0.05, 0.1) is 0 Å². The highest BCUT2D eigenvalue weighted by Crippen LogP contribution is 2.35. The molecule has 9 heteroatoms. The maximum absolute atomic E-state index is 12.6. The molecule has 0 radical (unpaired) electrons. The number of nitrogens with zero attached hydrogens (tertiary/aromatic N) is 1. The minimum atomic E-state index is -0.250. The number of hydrogen-bond donors (Lipinski definition) is 3. The third kappa shape index (κ3) is 6.85. The number of ether oxygens (including phenoxy) is 2. The van der Waals surface area contributed by atoms with Crippen LogP contribution in [0.25, 0.3) is 0 Å². The third-order valence-electron chi connectivity index (χ3n) is 5.87. The zero-order chi connectivity index (χ0) is 22.2. The van der Waals surface area contributed by atoms with Crippen molar-refractivity contribution >= 4 is 18.3 Å². The molecule has 0 aromatic heterocycles. The summed E-state index contributed by atoms with van der Waals surface area (Å²) in [6.07, 6.45) is 5.12. The summed E-state index contributed by atoms with van der Waals surface area (Å²) >= 11 is 0. The van der Waals surface area contributed by atoms with Crippen LogP contribution in [0, 0.1) is 5.92 Å². The fourth-order valence-corrected chi connectivity index (χ4v) is 4.15. The molecule has 0 bridgehead atoms. The highest BCUT2D eigenvalue weighted by Gasteiger charge is 2.37. The van der Waals surface area contributed by atoms with E-state index in [0.29, 0.717) is 25.6 Å². The molecule has 1 saturated carbocycles. The summed E-state index contributed by atoms with van der Waals surface area (Å²) in [7, 11) is 0. The predicted octanol–water partition coefficient (Wildman–Crippen LogP) is 1.50. The molecule has 1 saturated heterocycles. The number of benzene rings is 1. The van der Waals surface area contributed by atoms with Crippen LogP contribution in [0.5, 0.6) is 11.5 Å². The molecule has 1 aromatic carbocycles. The lowest BCUT2D eigenvalue weighted by Crippen LogP contribution is -2.45. The lowest BCUT2D eigenvalue weighted by molar-refractivity contribution is -0.123. The van der Waals surface area contributed by atoms with E-state index in [9.17, 15) is 9.59 Å². The summed E-state index contributed by atoms with van der Waals surface area (Å²) in [4.78, 5) is 34.7. The number of fused-ring (bicyclic) bond motifs is 1. The van der Waals surface area contributed by atoms with Crippen LogP contribution >= 0.6 is 0 Å². The first kappa shape index (κ1) is 22.9. The first-order chi connectivity index (χ1) is 15.0. The van der Waals surface area contributed by atoms with Crippen LogP contribution in [0.2, 0.25) is 0 Å². The van der Waals surface area contributed by atoms with Gasteiger partial charge in [-0.05, 0) is 49.3 Å². The fourth-order valence-electron chi connectivity index (χ4n) is 4.15. The number of carboxylic acid groups (broad SMARTS) is 1. The Bertz CT molecular complexity index is 783. The Kier molecular flexibility index (Phi) is 8.11. The van der Waals surface area contributed by atoms with Crippen LogP contribution in [0.15, 0.2) is 18.2 Å². The maximum atomic E-state index is 12.6. The number of rotatable bonds is 8. The van der Waals surface area contributed by atoms with Crippen LogP contribution in [0.1, 0.15) is 44.6 Å². The van der Waals surface area contributed by atoms with Crippen molar-refractivity contribution in [2.45, 2.75) is 57.7 Å². The van der Waals surface area contributed by atoms with Gasteiger partial charge in [-0.1, -0.05) is 6.07 Å². The van der Waals surface area contributed by atoms with Crippen molar-refractivity contribution in [3.05, 3.63) is 23.8 Å². The zero-order valence-electron chi connectivity index (χ0n) is 17.8. The molecule has 0 spiro atoms. The first-order valence-electron chi connectivity index (χ1n) is 10.7. The Morgan fingerprint density at radius 1 is 1.13 bits per heavy atom. The number of carbonyl (C=O) groups is 3. The van der Waals surface area contributed by atoms with Gasteiger partial charge in [-0.15, -0.1) is 0 Å². The molecular formula is C22H31N3O6. The maximum Gasteiger partial charge on any atom is 0.290 e. The molecule has 0 unspecified atom stereocenters. The van der Waals surface area contributed by atoms with E-state index >= 15 is 0 Å². The number of likely N-dealkylation sites (tertiary alicyclic amines) is 1.